The van der Waals surface area contributed by atoms with Crippen molar-refractivity contribution in [1.29, 1.82) is 0 Å². The highest BCUT2D eigenvalue weighted by Gasteiger charge is 2.15. The quantitative estimate of drug-likeness (QED) is 0.718. The molecule has 0 saturated heterocycles. The Morgan fingerprint density at radius 3 is 2.64 bits per heavy atom. The molecule has 1 aliphatic rings. The molecule has 0 spiro atoms. The molecule has 142 valence electrons. The van der Waals surface area contributed by atoms with Gasteiger partial charge < -0.3 is 20.1 Å². The molecule has 7 nitrogen and oxygen atoms in total. The number of nitrogens with zero attached hydrogens (tertiary/aromatic N) is 2. The van der Waals surface area contributed by atoms with Gasteiger partial charge in [-0.3, -0.25) is 4.79 Å². The Bertz CT molecular complexity index is 1040. The van der Waals surface area contributed by atoms with E-state index in [0.717, 1.165) is 0 Å². The summed E-state index contributed by atoms with van der Waals surface area (Å²) in [7, 11) is 0. The first-order valence-corrected chi connectivity index (χ1v) is 8.66. The second-order valence-corrected chi connectivity index (χ2v) is 6.17. The van der Waals surface area contributed by atoms with E-state index >= 15 is 0 Å². The van der Waals surface area contributed by atoms with Crippen molar-refractivity contribution in [2.75, 3.05) is 23.8 Å². The molecule has 1 aliphatic heterocycles. The largest absolute Gasteiger partial charge is 0.486 e. The van der Waals surface area contributed by atoms with Gasteiger partial charge in [0, 0.05) is 23.1 Å². The lowest BCUT2D eigenvalue weighted by Gasteiger charge is -2.19. The number of anilines is 3. The third-order valence-electron chi connectivity index (χ3n) is 3.97. The molecule has 0 radical (unpaired) electrons. The zero-order valence-electron chi connectivity index (χ0n) is 15.0. The van der Waals surface area contributed by atoms with Crippen LogP contribution in [0, 0.1) is 12.7 Å². The molecule has 2 heterocycles. The number of fused-ring (bicyclic) bond motifs is 1. The van der Waals surface area contributed by atoms with Crippen LogP contribution >= 0.6 is 0 Å². The van der Waals surface area contributed by atoms with Crippen LogP contribution in [0.25, 0.3) is 0 Å². The first-order valence-electron chi connectivity index (χ1n) is 8.66. The third kappa shape index (κ3) is 4.01. The van der Waals surface area contributed by atoms with E-state index in [0.29, 0.717) is 41.8 Å². The van der Waals surface area contributed by atoms with Gasteiger partial charge in [-0.25, -0.2) is 14.4 Å². The van der Waals surface area contributed by atoms with Crippen LogP contribution < -0.4 is 20.1 Å². The maximum atomic E-state index is 13.4. The van der Waals surface area contributed by atoms with Crippen molar-refractivity contribution >= 4 is 23.2 Å². The summed E-state index contributed by atoms with van der Waals surface area (Å²) in [6.07, 6.45) is 0. The van der Waals surface area contributed by atoms with Gasteiger partial charge in [0.15, 0.2) is 11.5 Å². The fourth-order valence-corrected chi connectivity index (χ4v) is 2.75. The molecule has 0 fully saturated rings. The molecular weight excluding hydrogens is 363 g/mol. The van der Waals surface area contributed by atoms with Crippen LogP contribution in [0.3, 0.4) is 0 Å². The number of halogens is 1. The second-order valence-electron chi connectivity index (χ2n) is 6.17. The monoisotopic (exact) mass is 380 g/mol. The number of rotatable bonds is 4. The minimum atomic E-state index is -0.399. The second kappa shape index (κ2) is 7.51. The number of nitrogens with one attached hydrogen (secondary N) is 2. The van der Waals surface area contributed by atoms with Crippen LogP contribution in [0.4, 0.5) is 21.7 Å². The Labute approximate surface area is 160 Å². The van der Waals surface area contributed by atoms with Gasteiger partial charge in [-0.1, -0.05) is 6.07 Å². The molecule has 0 saturated carbocycles. The van der Waals surface area contributed by atoms with E-state index in [2.05, 4.69) is 20.6 Å². The lowest BCUT2D eigenvalue weighted by atomic mass is 10.2. The number of aryl methyl sites for hydroxylation is 1. The summed E-state index contributed by atoms with van der Waals surface area (Å²) >= 11 is 0. The average molecular weight is 380 g/mol. The number of benzene rings is 2. The number of carbonyl (C=O) groups excluding carboxylic acids is 1. The molecule has 0 bridgehead atoms. The van der Waals surface area contributed by atoms with E-state index in [-0.39, 0.29) is 17.5 Å². The predicted molar refractivity (Wildman–Crippen MR) is 102 cm³/mol. The Hall–Kier alpha value is -3.68. The summed E-state index contributed by atoms with van der Waals surface area (Å²) in [5.74, 6) is 0.650. The minimum absolute atomic E-state index is 0.182. The minimum Gasteiger partial charge on any atom is -0.486 e. The summed E-state index contributed by atoms with van der Waals surface area (Å²) in [6, 6.07) is 12.7. The number of carbonyl (C=O) groups is 1. The van der Waals surface area contributed by atoms with Crippen molar-refractivity contribution < 1.29 is 18.7 Å². The van der Waals surface area contributed by atoms with E-state index < -0.39 is 5.91 Å². The Morgan fingerprint density at radius 2 is 1.82 bits per heavy atom. The molecule has 3 aromatic rings. The summed E-state index contributed by atoms with van der Waals surface area (Å²) in [4.78, 5) is 21.1. The molecule has 2 N–H and O–H groups in total. The molecule has 28 heavy (non-hydrogen) atoms. The van der Waals surface area contributed by atoms with Gasteiger partial charge in [-0.05, 0) is 43.3 Å². The van der Waals surface area contributed by atoms with Crippen LogP contribution in [0.2, 0.25) is 0 Å². The van der Waals surface area contributed by atoms with Gasteiger partial charge in [0.2, 0.25) is 5.95 Å². The lowest BCUT2D eigenvalue weighted by Crippen LogP contribution is -2.17. The Balaban J connectivity index is 1.53. The first kappa shape index (κ1) is 17.7. The van der Waals surface area contributed by atoms with E-state index in [1.807, 2.05) is 0 Å². The Morgan fingerprint density at radius 1 is 1.00 bits per heavy atom. The highest BCUT2D eigenvalue weighted by atomic mass is 19.1. The van der Waals surface area contributed by atoms with Gasteiger partial charge in [-0.15, -0.1) is 0 Å². The van der Waals surface area contributed by atoms with Crippen LogP contribution in [-0.4, -0.2) is 29.1 Å². The van der Waals surface area contributed by atoms with Gasteiger partial charge in [0.1, 0.15) is 24.7 Å². The topological polar surface area (TPSA) is 85.4 Å². The number of hydrogen-bond acceptors (Lipinski definition) is 6. The SMILES string of the molecule is Cc1cc(C(=O)Nc2ccc3c(c2)OCCO3)nc(Nc2cccc(F)c2)n1. The highest BCUT2D eigenvalue weighted by Crippen LogP contribution is 2.32. The van der Waals surface area contributed by atoms with Crippen LogP contribution in [0.5, 0.6) is 11.5 Å². The van der Waals surface area contributed by atoms with Crippen molar-refractivity contribution in [3.05, 3.63) is 65.7 Å². The Kier molecular flexibility index (Phi) is 4.76. The molecule has 1 aromatic heterocycles. The maximum Gasteiger partial charge on any atom is 0.274 e. The van der Waals surface area contributed by atoms with E-state index in [9.17, 15) is 9.18 Å². The molecule has 0 atom stereocenters. The maximum absolute atomic E-state index is 13.4. The first-order chi connectivity index (χ1) is 13.6. The van der Waals surface area contributed by atoms with Crippen molar-refractivity contribution in [1.82, 2.24) is 9.97 Å². The number of amides is 1. The number of ether oxygens (including phenoxy) is 2. The zero-order valence-corrected chi connectivity index (χ0v) is 15.0. The molecule has 2 aromatic carbocycles. The molecule has 8 heteroatoms. The van der Waals surface area contributed by atoms with E-state index in [1.54, 1.807) is 43.3 Å². The van der Waals surface area contributed by atoms with E-state index in [1.165, 1.54) is 12.1 Å². The molecule has 4 rings (SSSR count). The fourth-order valence-electron chi connectivity index (χ4n) is 2.75. The molecule has 0 unspecified atom stereocenters. The van der Waals surface area contributed by atoms with Crippen molar-refractivity contribution in [2.24, 2.45) is 0 Å². The standard InChI is InChI=1S/C20H17FN4O3/c1-12-9-16(25-20(22-12)24-14-4-2-3-13(21)10-14)19(26)23-15-5-6-17-18(11-15)28-8-7-27-17/h2-6,9-11H,7-8H2,1H3,(H,23,26)(H,22,24,25). The predicted octanol–water partition coefficient (Wildman–Crippen LogP) is 3.69. The van der Waals surface area contributed by atoms with Crippen LogP contribution in [-0.2, 0) is 0 Å². The van der Waals surface area contributed by atoms with Gasteiger partial charge in [-0.2, -0.15) is 0 Å². The normalized spacial score (nSPS) is 12.4. The van der Waals surface area contributed by atoms with Crippen molar-refractivity contribution in [2.45, 2.75) is 6.92 Å². The zero-order chi connectivity index (χ0) is 19.5. The summed E-state index contributed by atoms with van der Waals surface area (Å²) < 4.78 is 24.3. The van der Waals surface area contributed by atoms with Crippen molar-refractivity contribution in [3.8, 4) is 11.5 Å². The summed E-state index contributed by atoms with van der Waals surface area (Å²) in [5.41, 5.74) is 1.83. The smallest absolute Gasteiger partial charge is 0.274 e. The van der Waals surface area contributed by atoms with Crippen LogP contribution in [0.15, 0.2) is 48.5 Å². The van der Waals surface area contributed by atoms with Crippen molar-refractivity contribution in [3.63, 3.8) is 0 Å². The van der Waals surface area contributed by atoms with E-state index in [4.69, 9.17) is 9.47 Å². The fraction of sp³-hybridized carbons (Fsp3) is 0.150. The summed E-state index contributed by atoms with van der Waals surface area (Å²) in [5, 5.41) is 5.69. The molecule has 0 aliphatic carbocycles. The number of hydrogen-bond donors (Lipinski definition) is 2. The van der Waals surface area contributed by atoms with Gasteiger partial charge in [0.05, 0.1) is 0 Å². The highest BCUT2D eigenvalue weighted by molar-refractivity contribution is 6.03. The molecular formula is C20H17FN4O3. The molecule has 1 amide bonds. The van der Waals surface area contributed by atoms with Crippen LogP contribution in [0.1, 0.15) is 16.2 Å². The number of aromatic nitrogens is 2. The lowest BCUT2D eigenvalue weighted by molar-refractivity contribution is 0.102. The van der Waals surface area contributed by atoms with Gasteiger partial charge in [0.25, 0.3) is 5.91 Å². The summed E-state index contributed by atoms with van der Waals surface area (Å²) in [6.45, 7) is 2.71. The third-order valence-corrected chi connectivity index (χ3v) is 3.97. The van der Waals surface area contributed by atoms with Gasteiger partial charge >= 0.3 is 0 Å². The average Bonchev–Trinajstić information content (AvgIpc) is 2.67.